The summed E-state index contributed by atoms with van der Waals surface area (Å²) in [6.07, 6.45) is -0.598. The molecule has 6 heteroatoms. The highest BCUT2D eigenvalue weighted by molar-refractivity contribution is 7.12. The molecule has 0 fully saturated rings. The molecule has 0 aliphatic carbocycles. The lowest BCUT2D eigenvalue weighted by Crippen LogP contribution is -2.22. The fourth-order valence-corrected chi connectivity index (χ4v) is 4.06. The topological polar surface area (TPSA) is 52.6 Å². The lowest BCUT2D eigenvalue weighted by atomic mass is 10.1. The van der Waals surface area contributed by atoms with Crippen molar-refractivity contribution in [3.8, 4) is 0 Å². The number of thiophene rings is 2. The Hall–Kier alpha value is -2.15. The largest absolute Gasteiger partial charge is 0.383 e. The van der Waals surface area contributed by atoms with Gasteiger partial charge in [-0.25, -0.2) is 0 Å². The number of aliphatic hydroxyl groups is 1. The normalized spacial score (nSPS) is 12.0. The van der Waals surface area contributed by atoms with Crippen molar-refractivity contribution in [2.24, 2.45) is 0 Å². The molecule has 2 N–H and O–H groups in total. The monoisotopic (exact) mass is 372 g/mol. The zero-order valence-corrected chi connectivity index (χ0v) is 15.7. The van der Waals surface area contributed by atoms with Gasteiger partial charge in [0.15, 0.2) is 0 Å². The molecule has 3 aromatic rings. The molecule has 2 heterocycles. The number of carbonyl (C=O) groups is 1. The molecule has 130 valence electrons. The van der Waals surface area contributed by atoms with Crippen molar-refractivity contribution in [2.75, 3.05) is 19.0 Å². The van der Waals surface area contributed by atoms with E-state index in [0.717, 1.165) is 21.0 Å². The second-order valence-electron chi connectivity index (χ2n) is 5.89. The summed E-state index contributed by atoms with van der Waals surface area (Å²) >= 11 is 3.08. The SMILES string of the molecule is CN(C)c1ccc(C(=O)NCc2ccc(C(O)c3ccsc3)s2)cc1. The minimum atomic E-state index is -0.598. The van der Waals surface area contributed by atoms with Crippen LogP contribution in [0.25, 0.3) is 0 Å². The van der Waals surface area contributed by atoms with Gasteiger partial charge in [-0.3, -0.25) is 4.79 Å². The number of hydrogen-bond donors (Lipinski definition) is 2. The van der Waals surface area contributed by atoms with Crippen LogP contribution in [0, 0.1) is 0 Å². The Morgan fingerprint density at radius 3 is 2.56 bits per heavy atom. The summed E-state index contributed by atoms with van der Waals surface area (Å²) in [4.78, 5) is 16.2. The number of nitrogens with one attached hydrogen (secondary N) is 1. The standard InChI is InChI=1S/C19H20N2O2S2/c1-21(2)15-5-3-13(4-6-15)19(23)20-11-16-7-8-17(25-16)18(22)14-9-10-24-12-14/h3-10,12,18,22H,11H2,1-2H3,(H,20,23). The highest BCUT2D eigenvalue weighted by Crippen LogP contribution is 2.29. The van der Waals surface area contributed by atoms with E-state index in [1.54, 1.807) is 11.3 Å². The van der Waals surface area contributed by atoms with Gasteiger partial charge in [0.2, 0.25) is 0 Å². The van der Waals surface area contributed by atoms with E-state index in [9.17, 15) is 9.90 Å². The third-order valence-electron chi connectivity index (χ3n) is 3.88. The Morgan fingerprint density at radius 2 is 1.92 bits per heavy atom. The van der Waals surface area contributed by atoms with Gasteiger partial charge in [0.25, 0.3) is 5.91 Å². The molecule has 0 radical (unpaired) electrons. The molecule has 1 aromatic carbocycles. The molecule has 1 atom stereocenters. The Bertz CT molecular complexity index is 823. The van der Waals surface area contributed by atoms with Gasteiger partial charge in [-0.1, -0.05) is 0 Å². The number of nitrogens with zero attached hydrogens (tertiary/aromatic N) is 1. The van der Waals surface area contributed by atoms with Gasteiger partial charge >= 0.3 is 0 Å². The predicted octanol–water partition coefficient (Wildman–Crippen LogP) is 3.89. The van der Waals surface area contributed by atoms with Gasteiger partial charge in [0.05, 0.1) is 6.54 Å². The zero-order chi connectivity index (χ0) is 17.8. The van der Waals surface area contributed by atoms with Crippen molar-refractivity contribution < 1.29 is 9.90 Å². The number of benzene rings is 1. The minimum absolute atomic E-state index is 0.0985. The number of carbonyl (C=O) groups excluding carboxylic acids is 1. The number of anilines is 1. The molecule has 4 nitrogen and oxygen atoms in total. The first-order valence-corrected chi connectivity index (χ1v) is 9.65. The van der Waals surface area contributed by atoms with E-state index >= 15 is 0 Å². The Labute approximate surface area is 155 Å². The molecule has 0 saturated heterocycles. The van der Waals surface area contributed by atoms with Crippen LogP contribution in [0.4, 0.5) is 5.69 Å². The highest BCUT2D eigenvalue weighted by Gasteiger charge is 2.14. The van der Waals surface area contributed by atoms with Gasteiger partial charge in [0, 0.05) is 35.1 Å². The van der Waals surface area contributed by atoms with Crippen LogP contribution in [-0.2, 0) is 6.54 Å². The molecule has 1 unspecified atom stereocenters. The maximum atomic E-state index is 12.3. The van der Waals surface area contributed by atoms with E-state index in [0.29, 0.717) is 12.1 Å². The Kier molecular flexibility index (Phi) is 5.53. The average Bonchev–Trinajstić information content (AvgIpc) is 3.31. The number of rotatable bonds is 6. The Morgan fingerprint density at radius 1 is 1.16 bits per heavy atom. The van der Waals surface area contributed by atoms with Gasteiger partial charge < -0.3 is 15.3 Å². The number of hydrogen-bond acceptors (Lipinski definition) is 5. The van der Waals surface area contributed by atoms with Crippen LogP contribution in [-0.4, -0.2) is 25.1 Å². The molecule has 25 heavy (non-hydrogen) atoms. The molecule has 1 amide bonds. The molecule has 0 bridgehead atoms. The number of amides is 1. The van der Waals surface area contributed by atoms with Crippen LogP contribution in [0.1, 0.15) is 31.8 Å². The maximum Gasteiger partial charge on any atom is 0.251 e. The quantitative estimate of drug-likeness (QED) is 0.690. The summed E-state index contributed by atoms with van der Waals surface area (Å²) in [6, 6.07) is 13.3. The predicted molar refractivity (Wildman–Crippen MR) is 105 cm³/mol. The van der Waals surface area contributed by atoms with E-state index in [1.807, 2.05) is 72.2 Å². The van der Waals surface area contributed by atoms with E-state index < -0.39 is 6.10 Å². The van der Waals surface area contributed by atoms with Crippen LogP contribution >= 0.6 is 22.7 Å². The van der Waals surface area contributed by atoms with Crippen molar-refractivity contribution >= 4 is 34.3 Å². The van der Waals surface area contributed by atoms with Crippen LogP contribution in [0.5, 0.6) is 0 Å². The summed E-state index contributed by atoms with van der Waals surface area (Å²) < 4.78 is 0. The molecule has 2 aromatic heterocycles. The van der Waals surface area contributed by atoms with Crippen LogP contribution < -0.4 is 10.2 Å². The van der Waals surface area contributed by atoms with Crippen molar-refractivity contribution in [2.45, 2.75) is 12.6 Å². The summed E-state index contributed by atoms with van der Waals surface area (Å²) in [5.41, 5.74) is 2.60. The molecule has 0 aliphatic heterocycles. The molecular weight excluding hydrogens is 352 g/mol. The molecule has 0 aliphatic rings. The van der Waals surface area contributed by atoms with E-state index in [4.69, 9.17) is 0 Å². The van der Waals surface area contributed by atoms with Gasteiger partial charge in [-0.2, -0.15) is 11.3 Å². The third-order valence-corrected chi connectivity index (χ3v) is 5.72. The third kappa shape index (κ3) is 4.28. The molecule has 0 saturated carbocycles. The van der Waals surface area contributed by atoms with Crippen molar-refractivity contribution in [1.82, 2.24) is 5.32 Å². The fraction of sp³-hybridized carbons (Fsp3) is 0.211. The van der Waals surface area contributed by atoms with Crippen LogP contribution in [0.15, 0.2) is 53.2 Å². The summed E-state index contributed by atoms with van der Waals surface area (Å²) in [7, 11) is 3.93. The van der Waals surface area contributed by atoms with E-state index in [1.165, 1.54) is 11.3 Å². The van der Waals surface area contributed by atoms with Crippen LogP contribution in [0.3, 0.4) is 0 Å². The van der Waals surface area contributed by atoms with E-state index in [-0.39, 0.29) is 5.91 Å². The van der Waals surface area contributed by atoms with E-state index in [2.05, 4.69) is 5.32 Å². The second-order valence-corrected chi connectivity index (χ2v) is 7.87. The average molecular weight is 373 g/mol. The zero-order valence-electron chi connectivity index (χ0n) is 14.1. The molecule has 3 rings (SSSR count). The van der Waals surface area contributed by atoms with Crippen molar-refractivity contribution in [3.63, 3.8) is 0 Å². The molecule has 0 spiro atoms. The Balaban J connectivity index is 1.59. The second kappa shape index (κ2) is 7.82. The lowest BCUT2D eigenvalue weighted by Gasteiger charge is -2.12. The summed E-state index contributed by atoms with van der Waals surface area (Å²) in [5, 5.41) is 17.2. The van der Waals surface area contributed by atoms with Crippen molar-refractivity contribution in [1.29, 1.82) is 0 Å². The minimum Gasteiger partial charge on any atom is -0.383 e. The molecular formula is C19H20N2O2S2. The first-order chi connectivity index (χ1) is 12.0. The highest BCUT2D eigenvalue weighted by atomic mass is 32.1. The van der Waals surface area contributed by atoms with Crippen molar-refractivity contribution in [3.05, 3.63) is 74.1 Å². The first kappa shape index (κ1) is 17.7. The van der Waals surface area contributed by atoms with Gasteiger partial charge in [-0.15, -0.1) is 11.3 Å². The van der Waals surface area contributed by atoms with Crippen LogP contribution in [0.2, 0.25) is 0 Å². The van der Waals surface area contributed by atoms with Gasteiger partial charge in [-0.05, 0) is 58.8 Å². The summed E-state index contributed by atoms with van der Waals surface area (Å²) in [6.45, 7) is 0.454. The van der Waals surface area contributed by atoms with Gasteiger partial charge in [0.1, 0.15) is 6.10 Å². The lowest BCUT2D eigenvalue weighted by molar-refractivity contribution is 0.0951. The maximum absolute atomic E-state index is 12.3. The number of aliphatic hydroxyl groups excluding tert-OH is 1. The first-order valence-electron chi connectivity index (χ1n) is 7.89. The fourth-order valence-electron chi connectivity index (χ4n) is 2.41. The smallest absolute Gasteiger partial charge is 0.251 e. The summed E-state index contributed by atoms with van der Waals surface area (Å²) in [5.74, 6) is -0.0985.